The lowest BCUT2D eigenvalue weighted by molar-refractivity contribution is 0.481. The fourth-order valence-electron chi connectivity index (χ4n) is 1.53. The molecule has 23 heavy (non-hydrogen) atoms. The summed E-state index contributed by atoms with van der Waals surface area (Å²) in [6, 6.07) is 3.37. The van der Waals surface area contributed by atoms with Crippen molar-refractivity contribution in [3.63, 3.8) is 0 Å². The summed E-state index contributed by atoms with van der Waals surface area (Å²) in [5.74, 6) is 1.13. The second kappa shape index (κ2) is 10.8. The van der Waals surface area contributed by atoms with Crippen molar-refractivity contribution >= 4 is 40.0 Å². The molecule has 7 nitrogen and oxygen atoms in total. The van der Waals surface area contributed by atoms with Gasteiger partial charge in [-0.15, -0.1) is 24.0 Å². The maximum Gasteiger partial charge on any atom is 0.242 e. The van der Waals surface area contributed by atoms with E-state index in [-0.39, 0.29) is 41.5 Å². The molecule has 0 bridgehead atoms. The number of nitrogens with one attached hydrogen (secondary N) is 3. The van der Waals surface area contributed by atoms with Gasteiger partial charge in [0.25, 0.3) is 0 Å². The molecule has 132 valence electrons. The first-order valence-corrected chi connectivity index (χ1v) is 8.72. The van der Waals surface area contributed by atoms with Crippen molar-refractivity contribution in [1.29, 1.82) is 0 Å². The molecular weight excluding hydrogens is 429 g/mol. The number of sulfonamides is 1. The molecule has 0 saturated carbocycles. The quantitative estimate of drug-likeness (QED) is 0.249. The van der Waals surface area contributed by atoms with Gasteiger partial charge in [0.1, 0.15) is 4.90 Å². The molecule has 1 rings (SSSR count). The highest BCUT2D eigenvalue weighted by Crippen LogP contribution is 2.04. The Bertz CT molecular complexity index is 578. The van der Waals surface area contributed by atoms with Crippen molar-refractivity contribution < 1.29 is 8.42 Å². The first-order valence-electron chi connectivity index (χ1n) is 7.23. The number of aromatic nitrogens is 1. The van der Waals surface area contributed by atoms with Gasteiger partial charge in [-0.2, -0.15) is 0 Å². The van der Waals surface area contributed by atoms with Crippen LogP contribution in [-0.2, 0) is 10.0 Å². The van der Waals surface area contributed by atoms with E-state index >= 15 is 0 Å². The molecule has 1 atom stereocenters. The summed E-state index contributed by atoms with van der Waals surface area (Å²) < 4.78 is 26.5. The van der Waals surface area contributed by atoms with Crippen LogP contribution in [0.1, 0.15) is 20.8 Å². The Morgan fingerprint density at radius 2 is 2.00 bits per heavy atom. The van der Waals surface area contributed by atoms with Crippen LogP contribution < -0.4 is 15.4 Å². The van der Waals surface area contributed by atoms with Crippen molar-refractivity contribution in [3.8, 4) is 0 Å². The molecular formula is C14H26IN5O2S. The molecule has 0 aliphatic rings. The van der Waals surface area contributed by atoms with Gasteiger partial charge in [-0.05, 0) is 25.0 Å². The Kier molecular flexibility index (Phi) is 10.3. The van der Waals surface area contributed by atoms with Crippen molar-refractivity contribution in [2.45, 2.75) is 31.7 Å². The third kappa shape index (κ3) is 7.93. The zero-order valence-corrected chi connectivity index (χ0v) is 17.1. The van der Waals surface area contributed by atoms with E-state index in [1.165, 1.54) is 18.5 Å². The second-order valence-corrected chi connectivity index (χ2v) is 7.03. The monoisotopic (exact) mass is 455 g/mol. The van der Waals surface area contributed by atoms with Crippen LogP contribution in [0.4, 0.5) is 0 Å². The van der Waals surface area contributed by atoms with Gasteiger partial charge in [-0.1, -0.05) is 13.8 Å². The van der Waals surface area contributed by atoms with Crippen molar-refractivity contribution in [3.05, 3.63) is 24.5 Å². The topological polar surface area (TPSA) is 95.5 Å². The standard InChI is InChI=1S/C14H25N5O2S.HI/c1-11(2)12(3)19-14(15-4)17-8-9-18-22(20,21)13-6-5-7-16-10-13;/h5-7,10-12,18H,8-9H2,1-4H3,(H2,15,17,19);1H. The number of pyridine rings is 1. The summed E-state index contributed by atoms with van der Waals surface area (Å²) >= 11 is 0. The molecule has 1 unspecified atom stereocenters. The Hall–Kier alpha value is -0.940. The lowest BCUT2D eigenvalue weighted by atomic mass is 10.1. The van der Waals surface area contributed by atoms with E-state index in [1.54, 1.807) is 13.1 Å². The van der Waals surface area contributed by atoms with Gasteiger partial charge in [0.15, 0.2) is 5.96 Å². The van der Waals surface area contributed by atoms with Crippen LogP contribution in [0.3, 0.4) is 0 Å². The molecule has 0 fully saturated rings. The van der Waals surface area contributed by atoms with Crippen LogP contribution >= 0.6 is 24.0 Å². The molecule has 1 aromatic heterocycles. The molecule has 1 aromatic rings. The Balaban J connectivity index is 0.00000484. The third-order valence-electron chi connectivity index (χ3n) is 3.24. The van der Waals surface area contributed by atoms with Gasteiger partial charge in [0, 0.05) is 38.6 Å². The van der Waals surface area contributed by atoms with Gasteiger partial charge < -0.3 is 10.6 Å². The van der Waals surface area contributed by atoms with E-state index in [0.717, 1.165) is 0 Å². The van der Waals surface area contributed by atoms with E-state index in [4.69, 9.17) is 0 Å². The number of nitrogens with zero attached hydrogens (tertiary/aromatic N) is 2. The van der Waals surface area contributed by atoms with Gasteiger partial charge in [-0.25, -0.2) is 13.1 Å². The summed E-state index contributed by atoms with van der Waals surface area (Å²) in [6.07, 6.45) is 2.85. The zero-order valence-electron chi connectivity index (χ0n) is 13.9. The van der Waals surface area contributed by atoms with Crippen LogP contribution in [0.5, 0.6) is 0 Å². The van der Waals surface area contributed by atoms with Crippen molar-refractivity contribution in [2.24, 2.45) is 10.9 Å². The molecule has 0 spiro atoms. The van der Waals surface area contributed by atoms with Crippen LogP contribution in [0.25, 0.3) is 0 Å². The fraction of sp³-hybridized carbons (Fsp3) is 0.571. The average molecular weight is 455 g/mol. The minimum Gasteiger partial charge on any atom is -0.355 e. The van der Waals surface area contributed by atoms with Crippen LogP contribution in [-0.4, -0.2) is 45.5 Å². The Morgan fingerprint density at radius 1 is 1.30 bits per heavy atom. The highest BCUT2D eigenvalue weighted by Gasteiger charge is 2.13. The first-order chi connectivity index (χ1) is 10.4. The maximum absolute atomic E-state index is 12.0. The number of halogens is 1. The number of guanidine groups is 1. The van der Waals surface area contributed by atoms with Gasteiger partial charge >= 0.3 is 0 Å². The molecule has 1 heterocycles. The van der Waals surface area contributed by atoms with E-state index in [9.17, 15) is 8.42 Å². The Labute approximate surface area is 155 Å². The summed E-state index contributed by atoms with van der Waals surface area (Å²) in [5, 5.41) is 6.32. The smallest absolute Gasteiger partial charge is 0.242 e. The Morgan fingerprint density at radius 3 is 2.52 bits per heavy atom. The minimum absolute atomic E-state index is 0. The number of aliphatic imine (C=N–C) groups is 1. The normalized spacial score (nSPS) is 13.3. The predicted octanol–water partition coefficient (Wildman–Crippen LogP) is 1.19. The molecule has 0 saturated heterocycles. The molecule has 3 N–H and O–H groups in total. The summed E-state index contributed by atoms with van der Waals surface area (Å²) in [5.41, 5.74) is 0. The molecule has 0 aliphatic carbocycles. The van der Waals surface area contributed by atoms with Gasteiger partial charge in [-0.3, -0.25) is 9.98 Å². The third-order valence-corrected chi connectivity index (χ3v) is 4.69. The highest BCUT2D eigenvalue weighted by molar-refractivity contribution is 14.0. The van der Waals surface area contributed by atoms with Crippen LogP contribution in [0.15, 0.2) is 34.4 Å². The SMILES string of the molecule is CN=C(NCCNS(=O)(=O)c1cccnc1)NC(C)C(C)C.I. The number of hydrogen-bond acceptors (Lipinski definition) is 4. The highest BCUT2D eigenvalue weighted by atomic mass is 127. The zero-order chi connectivity index (χ0) is 16.6. The van der Waals surface area contributed by atoms with E-state index in [1.807, 2.05) is 0 Å². The summed E-state index contributed by atoms with van der Waals surface area (Å²) in [4.78, 5) is 8.07. The van der Waals surface area contributed by atoms with Crippen molar-refractivity contribution in [2.75, 3.05) is 20.1 Å². The molecule has 0 radical (unpaired) electrons. The lowest BCUT2D eigenvalue weighted by Crippen LogP contribution is -2.46. The fourth-order valence-corrected chi connectivity index (χ4v) is 2.53. The second-order valence-electron chi connectivity index (χ2n) is 5.26. The molecule has 9 heteroatoms. The largest absolute Gasteiger partial charge is 0.355 e. The minimum atomic E-state index is -3.51. The average Bonchev–Trinajstić information content (AvgIpc) is 2.50. The number of rotatable bonds is 7. The van der Waals surface area contributed by atoms with Gasteiger partial charge in [0.05, 0.1) is 0 Å². The van der Waals surface area contributed by atoms with Crippen LogP contribution in [0, 0.1) is 5.92 Å². The molecule has 0 amide bonds. The van der Waals surface area contributed by atoms with Crippen LogP contribution in [0.2, 0.25) is 0 Å². The van der Waals surface area contributed by atoms with Gasteiger partial charge in [0.2, 0.25) is 10.0 Å². The van der Waals surface area contributed by atoms with E-state index < -0.39 is 10.0 Å². The summed E-state index contributed by atoms with van der Waals surface area (Å²) in [6.45, 7) is 7.00. The molecule has 0 aliphatic heterocycles. The van der Waals surface area contributed by atoms with E-state index in [0.29, 0.717) is 18.4 Å². The maximum atomic E-state index is 12.0. The van der Waals surface area contributed by atoms with E-state index in [2.05, 4.69) is 46.1 Å². The predicted molar refractivity (Wildman–Crippen MR) is 104 cm³/mol. The summed E-state index contributed by atoms with van der Waals surface area (Å²) in [7, 11) is -1.83. The molecule has 0 aromatic carbocycles. The number of hydrogen-bond donors (Lipinski definition) is 3. The first kappa shape index (κ1) is 22.1. The lowest BCUT2D eigenvalue weighted by Gasteiger charge is -2.20. The van der Waals surface area contributed by atoms with Crippen molar-refractivity contribution in [1.82, 2.24) is 20.3 Å².